The molecule has 5 heteroatoms. The van der Waals surface area contributed by atoms with E-state index >= 15 is 0 Å². The van der Waals surface area contributed by atoms with Gasteiger partial charge < -0.3 is 4.90 Å². The van der Waals surface area contributed by atoms with Gasteiger partial charge in [-0.05, 0) is 23.6 Å². The summed E-state index contributed by atoms with van der Waals surface area (Å²) in [5.74, 6) is 1.16. The monoisotopic (exact) mass is 354 g/mol. The van der Waals surface area contributed by atoms with Crippen LogP contribution in [0.2, 0.25) is 0 Å². The number of hydrogen-bond acceptors (Lipinski definition) is 4. The van der Waals surface area contributed by atoms with Gasteiger partial charge in [-0.3, -0.25) is 9.78 Å². The number of carbonyl (C=O) groups excluding carboxylic acids is 1. The van der Waals surface area contributed by atoms with Gasteiger partial charge in [0.25, 0.3) is 0 Å². The smallest absolute Gasteiger partial charge is 0.227 e. The number of nitrogens with zero attached hydrogens (tertiary/aromatic N) is 4. The lowest BCUT2D eigenvalue weighted by atomic mass is 9.95. The summed E-state index contributed by atoms with van der Waals surface area (Å²) >= 11 is 0. The molecule has 1 amide bonds. The van der Waals surface area contributed by atoms with E-state index in [9.17, 15) is 4.79 Å². The van der Waals surface area contributed by atoms with Crippen molar-refractivity contribution in [3.8, 4) is 0 Å². The highest BCUT2D eigenvalue weighted by Gasteiger charge is 2.19. The first-order valence-electron chi connectivity index (χ1n) is 9.30. The fourth-order valence-electron chi connectivity index (χ4n) is 2.81. The zero-order valence-electron chi connectivity index (χ0n) is 16.6. The maximum atomic E-state index is 12.8. The fraction of sp³-hybridized carbons (Fsp3) is 0.524. The molecule has 0 bridgehead atoms. The van der Waals surface area contributed by atoms with Crippen LogP contribution < -0.4 is 0 Å². The highest BCUT2D eigenvalue weighted by atomic mass is 16.2. The molecule has 0 N–H and O–H groups in total. The number of pyridine rings is 1. The van der Waals surface area contributed by atoms with E-state index in [0.29, 0.717) is 13.0 Å². The fourth-order valence-corrected chi connectivity index (χ4v) is 2.81. The number of hydrogen-bond donors (Lipinski definition) is 0. The molecule has 1 atom stereocenters. The molecule has 2 rings (SSSR count). The lowest BCUT2D eigenvalue weighted by Gasteiger charge is -2.26. The summed E-state index contributed by atoms with van der Waals surface area (Å²) in [5, 5.41) is 0. The number of amides is 1. The van der Waals surface area contributed by atoms with Gasteiger partial charge >= 0.3 is 0 Å². The minimum atomic E-state index is -0.0874. The van der Waals surface area contributed by atoms with Crippen molar-refractivity contribution in [2.75, 3.05) is 13.1 Å². The van der Waals surface area contributed by atoms with Crippen LogP contribution in [-0.2, 0) is 16.6 Å². The van der Waals surface area contributed by atoms with Crippen LogP contribution in [0, 0.1) is 0 Å². The van der Waals surface area contributed by atoms with E-state index in [2.05, 4.69) is 55.6 Å². The minimum Gasteiger partial charge on any atom is -0.342 e. The van der Waals surface area contributed by atoms with Crippen molar-refractivity contribution in [3.63, 3.8) is 0 Å². The molecule has 0 fully saturated rings. The molecule has 5 nitrogen and oxygen atoms in total. The van der Waals surface area contributed by atoms with Crippen LogP contribution in [0.4, 0.5) is 0 Å². The van der Waals surface area contributed by atoms with Crippen molar-refractivity contribution >= 4 is 5.91 Å². The summed E-state index contributed by atoms with van der Waals surface area (Å²) in [6, 6.07) is 4.00. The number of aromatic nitrogens is 3. The second kappa shape index (κ2) is 8.88. The standard InChI is InChI=1S/C21H30N4O/c1-6-10-25(15-16(2)18-8-7-9-22-14-18)19(26)11-17-12-23-20(24-13-17)21(3,4)5/h7-9,12-14,16H,6,10-11,15H2,1-5H3/t16-/m0/s1. The zero-order chi connectivity index (χ0) is 19.2. The van der Waals surface area contributed by atoms with E-state index in [1.54, 1.807) is 18.6 Å². The molecule has 140 valence electrons. The normalized spacial score (nSPS) is 12.7. The average Bonchev–Trinajstić information content (AvgIpc) is 2.61. The molecule has 0 saturated heterocycles. The van der Waals surface area contributed by atoms with E-state index in [0.717, 1.165) is 29.9 Å². The Morgan fingerprint density at radius 2 is 1.88 bits per heavy atom. The summed E-state index contributed by atoms with van der Waals surface area (Å²) in [7, 11) is 0. The Balaban J connectivity index is 2.03. The van der Waals surface area contributed by atoms with E-state index in [1.165, 1.54) is 0 Å². The third-order valence-corrected chi connectivity index (χ3v) is 4.33. The zero-order valence-corrected chi connectivity index (χ0v) is 16.6. The third-order valence-electron chi connectivity index (χ3n) is 4.33. The highest BCUT2D eigenvalue weighted by Crippen LogP contribution is 2.18. The van der Waals surface area contributed by atoms with Gasteiger partial charge in [0.2, 0.25) is 5.91 Å². The molecule has 2 aromatic heterocycles. The molecule has 0 radical (unpaired) electrons. The Kier molecular flexibility index (Phi) is 6.83. The molecule has 0 aliphatic rings. The molecular weight excluding hydrogens is 324 g/mol. The maximum absolute atomic E-state index is 12.8. The van der Waals surface area contributed by atoms with Crippen LogP contribution in [0.15, 0.2) is 36.9 Å². The summed E-state index contributed by atoms with van der Waals surface area (Å²) in [6.45, 7) is 11.9. The van der Waals surface area contributed by atoms with Crippen LogP contribution in [0.25, 0.3) is 0 Å². The first kappa shape index (κ1) is 20.0. The van der Waals surface area contributed by atoms with E-state index in [1.807, 2.05) is 17.2 Å². The summed E-state index contributed by atoms with van der Waals surface area (Å²) in [5.41, 5.74) is 1.92. The summed E-state index contributed by atoms with van der Waals surface area (Å²) in [6.07, 6.45) is 8.47. The van der Waals surface area contributed by atoms with Crippen LogP contribution >= 0.6 is 0 Å². The van der Waals surface area contributed by atoms with Gasteiger partial charge in [-0.25, -0.2) is 9.97 Å². The number of carbonyl (C=O) groups is 1. The van der Waals surface area contributed by atoms with Crippen molar-refractivity contribution < 1.29 is 4.79 Å². The molecule has 2 aromatic rings. The van der Waals surface area contributed by atoms with Crippen LogP contribution in [0.1, 0.15) is 63.9 Å². The topological polar surface area (TPSA) is 59.0 Å². The largest absolute Gasteiger partial charge is 0.342 e. The first-order chi connectivity index (χ1) is 12.3. The van der Waals surface area contributed by atoms with Gasteiger partial charge in [0.15, 0.2) is 0 Å². The third kappa shape index (κ3) is 5.61. The van der Waals surface area contributed by atoms with Crippen molar-refractivity contribution in [3.05, 3.63) is 53.9 Å². The molecule has 0 aliphatic carbocycles. The minimum absolute atomic E-state index is 0.0874. The van der Waals surface area contributed by atoms with Crippen LogP contribution in [-0.4, -0.2) is 38.8 Å². The highest BCUT2D eigenvalue weighted by molar-refractivity contribution is 5.78. The lowest BCUT2D eigenvalue weighted by molar-refractivity contribution is -0.130. The van der Waals surface area contributed by atoms with Crippen LogP contribution in [0.3, 0.4) is 0 Å². The van der Waals surface area contributed by atoms with Gasteiger partial charge in [0.05, 0.1) is 6.42 Å². The van der Waals surface area contributed by atoms with E-state index in [4.69, 9.17) is 0 Å². The predicted octanol–water partition coefficient (Wildman–Crippen LogP) is 3.75. The second-order valence-electron chi connectivity index (χ2n) is 7.87. The lowest BCUT2D eigenvalue weighted by Crippen LogP contribution is -2.36. The van der Waals surface area contributed by atoms with E-state index in [-0.39, 0.29) is 17.2 Å². The Morgan fingerprint density at radius 1 is 1.19 bits per heavy atom. The van der Waals surface area contributed by atoms with Crippen LogP contribution in [0.5, 0.6) is 0 Å². The predicted molar refractivity (Wildman–Crippen MR) is 104 cm³/mol. The Bertz CT molecular complexity index is 692. The molecule has 26 heavy (non-hydrogen) atoms. The Labute approximate surface area is 156 Å². The Morgan fingerprint density at radius 3 is 2.42 bits per heavy atom. The SMILES string of the molecule is CCCN(C[C@H](C)c1cccnc1)C(=O)Cc1cnc(C(C)(C)C)nc1. The molecule has 0 aromatic carbocycles. The summed E-state index contributed by atoms with van der Waals surface area (Å²) < 4.78 is 0. The molecule has 0 aliphatic heterocycles. The molecule has 0 saturated carbocycles. The van der Waals surface area contributed by atoms with Crippen molar-refractivity contribution in [1.82, 2.24) is 19.9 Å². The second-order valence-corrected chi connectivity index (χ2v) is 7.87. The maximum Gasteiger partial charge on any atom is 0.227 e. The average molecular weight is 354 g/mol. The van der Waals surface area contributed by atoms with Crippen molar-refractivity contribution in [2.45, 2.75) is 58.8 Å². The molecular formula is C21H30N4O. The number of rotatable bonds is 7. The van der Waals surface area contributed by atoms with Crippen molar-refractivity contribution in [1.29, 1.82) is 0 Å². The van der Waals surface area contributed by atoms with Crippen molar-refractivity contribution in [2.24, 2.45) is 0 Å². The molecule has 2 heterocycles. The Hall–Kier alpha value is -2.30. The van der Waals surface area contributed by atoms with E-state index < -0.39 is 0 Å². The quantitative estimate of drug-likeness (QED) is 0.760. The first-order valence-corrected chi connectivity index (χ1v) is 9.30. The summed E-state index contributed by atoms with van der Waals surface area (Å²) in [4.78, 5) is 27.8. The van der Waals surface area contributed by atoms with Gasteiger partial charge in [0, 0.05) is 49.2 Å². The van der Waals surface area contributed by atoms with Gasteiger partial charge in [-0.1, -0.05) is 40.7 Å². The van der Waals surface area contributed by atoms with Gasteiger partial charge in [0.1, 0.15) is 5.82 Å². The van der Waals surface area contributed by atoms with Gasteiger partial charge in [-0.2, -0.15) is 0 Å². The molecule has 0 unspecified atom stereocenters. The van der Waals surface area contributed by atoms with Gasteiger partial charge in [-0.15, -0.1) is 0 Å². The molecule has 0 spiro atoms.